The first-order chi connectivity index (χ1) is 14.6. The summed E-state index contributed by atoms with van der Waals surface area (Å²) in [7, 11) is 0. The van der Waals surface area contributed by atoms with E-state index in [4.69, 9.17) is 27.5 Å². The number of rotatable bonds is 7. The molecule has 1 aromatic heterocycles. The third-order valence-corrected chi connectivity index (χ3v) is 6.29. The number of nitrogen functional groups attached to an aromatic ring is 1. The largest absolute Gasteiger partial charge is 0.512 e. The fourth-order valence-corrected chi connectivity index (χ4v) is 4.93. The Morgan fingerprint density at radius 3 is 2.71 bits per heavy atom. The van der Waals surface area contributed by atoms with Gasteiger partial charge in [-0.3, -0.25) is 14.5 Å². The number of carboxylic acids is 1. The average molecular weight is 492 g/mol. The number of nitrogens with one attached hydrogen (secondary N) is 1. The molecule has 5 N–H and O–H groups in total. The molecule has 3 atom stereocenters. The van der Waals surface area contributed by atoms with Crippen molar-refractivity contribution in [2.24, 2.45) is 5.16 Å². The number of hydrogen-bond acceptors (Lipinski definition) is 11. The highest BCUT2D eigenvalue weighted by Crippen LogP contribution is 2.41. The number of hydrogen-bond donors (Lipinski definition) is 4. The van der Waals surface area contributed by atoms with Crippen molar-refractivity contribution in [3.05, 3.63) is 22.0 Å². The van der Waals surface area contributed by atoms with E-state index < -0.39 is 47.7 Å². The van der Waals surface area contributed by atoms with Crippen molar-refractivity contribution in [3.8, 4) is 0 Å². The fourth-order valence-electron chi connectivity index (χ4n) is 2.70. The highest BCUT2D eigenvalue weighted by molar-refractivity contribution is 8.00. The van der Waals surface area contributed by atoms with Gasteiger partial charge < -0.3 is 30.8 Å². The number of ether oxygens (including phenoxy) is 1. The van der Waals surface area contributed by atoms with Gasteiger partial charge in [0.2, 0.25) is 12.5 Å². The zero-order valence-electron chi connectivity index (χ0n) is 15.5. The van der Waals surface area contributed by atoms with Gasteiger partial charge in [0.05, 0.1) is 0 Å². The first kappa shape index (κ1) is 22.6. The number of fused-ring (bicyclic) bond motifs is 1. The number of halogens is 1. The Kier molecular flexibility index (Phi) is 6.56. The van der Waals surface area contributed by atoms with E-state index >= 15 is 0 Å². The third kappa shape index (κ3) is 4.83. The number of aromatic nitrogens is 1. The summed E-state index contributed by atoms with van der Waals surface area (Å²) in [5.41, 5.74) is 4.96. The van der Waals surface area contributed by atoms with Crippen LogP contribution >= 0.6 is 34.7 Å². The number of carboxylic acid groups (broad SMARTS) is 2. The van der Waals surface area contributed by atoms with E-state index in [1.807, 2.05) is 0 Å². The number of nitrogens with zero attached hydrogens (tertiary/aromatic N) is 3. The van der Waals surface area contributed by atoms with Crippen LogP contribution in [0.3, 0.4) is 0 Å². The number of aliphatic carboxylic acids is 1. The molecule has 0 saturated carbocycles. The van der Waals surface area contributed by atoms with Crippen LogP contribution in [-0.4, -0.2) is 73.0 Å². The van der Waals surface area contributed by atoms with Gasteiger partial charge in [-0.2, -0.15) is 0 Å². The second-order valence-corrected chi connectivity index (χ2v) is 9.18. The number of oxime groups is 1. The van der Waals surface area contributed by atoms with E-state index in [2.05, 4.69) is 25.0 Å². The number of anilines is 1. The van der Waals surface area contributed by atoms with Crippen molar-refractivity contribution in [2.75, 3.05) is 12.3 Å². The Bertz CT molecular complexity index is 1010. The van der Waals surface area contributed by atoms with Crippen molar-refractivity contribution in [1.82, 2.24) is 15.2 Å². The quantitative estimate of drug-likeness (QED) is 0.179. The number of thioether (sulfide) groups is 1. The molecule has 2 amide bonds. The molecule has 0 bridgehead atoms. The first-order valence-corrected chi connectivity index (χ1v) is 10.5. The third-order valence-electron chi connectivity index (χ3n) is 3.88. The van der Waals surface area contributed by atoms with Gasteiger partial charge in [-0.05, 0) is 13.0 Å². The molecule has 1 aromatic rings. The molecule has 3 rings (SSSR count). The maximum atomic E-state index is 12.8. The highest BCUT2D eigenvalue weighted by atomic mass is 35.5. The molecule has 16 heteroatoms. The second kappa shape index (κ2) is 8.99. The predicted octanol–water partition coefficient (Wildman–Crippen LogP) is 0.508. The summed E-state index contributed by atoms with van der Waals surface area (Å²) >= 11 is 8.17. The van der Waals surface area contributed by atoms with E-state index in [1.54, 1.807) is 6.92 Å². The van der Waals surface area contributed by atoms with Crippen LogP contribution in [0, 0.1) is 0 Å². The van der Waals surface area contributed by atoms with Crippen LogP contribution in [0.15, 0.2) is 17.1 Å². The second-order valence-electron chi connectivity index (χ2n) is 6.05. The summed E-state index contributed by atoms with van der Waals surface area (Å²) in [5.74, 6) is -3.00. The molecule has 1 saturated heterocycles. The van der Waals surface area contributed by atoms with Crippen LogP contribution in [-0.2, 0) is 24.0 Å². The molecular weight excluding hydrogens is 478 g/mol. The molecule has 0 aliphatic carbocycles. The first-order valence-electron chi connectivity index (χ1n) is 8.34. The molecule has 0 aromatic carbocycles. The zero-order valence-corrected chi connectivity index (χ0v) is 17.9. The van der Waals surface area contributed by atoms with Crippen LogP contribution in [0.5, 0.6) is 0 Å². The van der Waals surface area contributed by atoms with Crippen molar-refractivity contribution in [3.63, 3.8) is 0 Å². The maximum Gasteiger partial charge on any atom is 0.512 e. The lowest BCUT2D eigenvalue weighted by Gasteiger charge is -2.49. The maximum absolute atomic E-state index is 12.8. The molecule has 1 fully saturated rings. The van der Waals surface area contributed by atoms with Crippen LogP contribution in [0.25, 0.3) is 0 Å². The summed E-state index contributed by atoms with van der Waals surface area (Å²) in [6.07, 6.45) is -0.111. The molecular formula is C15H14ClN5O8S2. The SMILES string of the molecule is CC1C=C(OC(=O)O)N2C(=O)C(NC(=O)C(=NOCC(=O)O)c3nc(N)sc3Cl)[C@@H]2S1. The lowest BCUT2D eigenvalue weighted by Crippen LogP contribution is -2.70. The number of carbonyl (C=O) groups excluding carboxylic acids is 2. The Hall–Kier alpha value is -3.04. The minimum atomic E-state index is -1.58. The summed E-state index contributed by atoms with van der Waals surface area (Å²) in [6.45, 7) is 0.931. The van der Waals surface area contributed by atoms with Gasteiger partial charge in [-0.1, -0.05) is 28.1 Å². The van der Waals surface area contributed by atoms with Gasteiger partial charge in [0.1, 0.15) is 21.4 Å². The molecule has 166 valence electrons. The lowest BCUT2D eigenvalue weighted by atomic mass is 10.1. The number of β-lactam (4-membered cyclic amide) rings is 1. The Balaban J connectivity index is 1.80. The van der Waals surface area contributed by atoms with E-state index in [1.165, 1.54) is 17.8 Å². The summed E-state index contributed by atoms with van der Waals surface area (Å²) in [5, 5.41) is 22.7. The van der Waals surface area contributed by atoms with E-state index in [0.29, 0.717) is 0 Å². The smallest absolute Gasteiger partial charge is 0.479 e. The minimum absolute atomic E-state index is 0.00706. The van der Waals surface area contributed by atoms with Gasteiger partial charge in [0.15, 0.2) is 10.8 Å². The van der Waals surface area contributed by atoms with Crippen molar-refractivity contribution in [1.29, 1.82) is 0 Å². The van der Waals surface area contributed by atoms with Crippen LogP contribution in [0.4, 0.5) is 9.93 Å². The summed E-state index contributed by atoms with van der Waals surface area (Å²) in [6, 6.07) is -1.04. The Morgan fingerprint density at radius 1 is 1.42 bits per heavy atom. The molecule has 0 spiro atoms. The highest BCUT2D eigenvalue weighted by Gasteiger charge is 2.54. The topological polar surface area (TPSA) is 194 Å². The monoisotopic (exact) mass is 491 g/mol. The van der Waals surface area contributed by atoms with E-state index in [-0.39, 0.29) is 26.3 Å². The standard InChI is InChI=1S/C15H14ClN5O8S2/c1-4-2-5(29-15(26)27)21-12(25)9(13(21)30-4)18-11(24)8(20-28-3-6(22)23)7-10(16)31-14(17)19-7/h2,4,9,13H,3H2,1H3,(H2,17,19)(H,18,24)(H,22,23)(H,26,27)/t4?,9?,13-/m0/s1. The number of nitrogens with two attached hydrogens (primary N) is 1. The van der Waals surface area contributed by atoms with Gasteiger partial charge in [-0.25, -0.2) is 14.6 Å². The molecule has 2 aliphatic rings. The van der Waals surface area contributed by atoms with Crippen molar-refractivity contribution >= 4 is 69.5 Å². The van der Waals surface area contributed by atoms with E-state index in [0.717, 1.165) is 16.2 Å². The van der Waals surface area contributed by atoms with Crippen LogP contribution in [0.1, 0.15) is 12.6 Å². The normalized spacial score (nSPS) is 22.7. The zero-order chi connectivity index (χ0) is 22.9. The number of amides is 2. The minimum Gasteiger partial charge on any atom is -0.479 e. The van der Waals surface area contributed by atoms with Gasteiger partial charge in [0, 0.05) is 5.25 Å². The molecule has 2 aliphatic heterocycles. The van der Waals surface area contributed by atoms with E-state index in [9.17, 15) is 19.2 Å². The summed E-state index contributed by atoms with van der Waals surface area (Å²) in [4.78, 5) is 56.5. The van der Waals surface area contributed by atoms with Crippen LogP contribution < -0.4 is 11.1 Å². The molecule has 0 radical (unpaired) electrons. The number of thiazole rings is 1. The van der Waals surface area contributed by atoms with Gasteiger partial charge >= 0.3 is 12.1 Å². The van der Waals surface area contributed by atoms with Crippen molar-refractivity contribution < 1.29 is 39.0 Å². The average Bonchev–Trinajstić information content (AvgIpc) is 2.99. The molecule has 31 heavy (non-hydrogen) atoms. The number of carbonyl (C=O) groups is 4. The van der Waals surface area contributed by atoms with Gasteiger partial charge in [-0.15, -0.1) is 11.8 Å². The van der Waals surface area contributed by atoms with Crippen molar-refractivity contribution in [2.45, 2.75) is 23.6 Å². The van der Waals surface area contributed by atoms with Crippen LogP contribution in [0.2, 0.25) is 4.34 Å². The predicted molar refractivity (Wildman–Crippen MR) is 108 cm³/mol. The summed E-state index contributed by atoms with van der Waals surface area (Å²) < 4.78 is 4.65. The molecule has 13 nitrogen and oxygen atoms in total. The Labute approximate surface area is 186 Å². The van der Waals surface area contributed by atoms with Gasteiger partial charge in [0.25, 0.3) is 11.8 Å². The Morgan fingerprint density at radius 2 is 2.13 bits per heavy atom. The lowest BCUT2D eigenvalue weighted by molar-refractivity contribution is -0.148. The molecule has 3 heterocycles. The fraction of sp³-hybridized carbons (Fsp3) is 0.333. The molecule has 2 unspecified atom stereocenters.